The average Bonchev–Trinajstić information content (AvgIpc) is 2.45. The van der Waals surface area contributed by atoms with E-state index < -0.39 is 0 Å². The van der Waals surface area contributed by atoms with Crippen LogP contribution in [-0.4, -0.2) is 36.9 Å². The molecule has 0 bridgehead atoms. The molecule has 0 aliphatic carbocycles. The summed E-state index contributed by atoms with van der Waals surface area (Å²) < 4.78 is 0. The van der Waals surface area contributed by atoms with Gasteiger partial charge in [0.25, 0.3) is 0 Å². The van der Waals surface area contributed by atoms with E-state index >= 15 is 0 Å². The van der Waals surface area contributed by atoms with E-state index in [2.05, 4.69) is 24.5 Å². The molecule has 3 nitrogen and oxygen atoms in total. The van der Waals surface area contributed by atoms with Crippen LogP contribution >= 0.6 is 0 Å². The summed E-state index contributed by atoms with van der Waals surface area (Å²) in [5.41, 5.74) is 0. The summed E-state index contributed by atoms with van der Waals surface area (Å²) in [6, 6.07) is 0.687. The lowest BCUT2D eigenvalue weighted by atomic mass is 10.0. The monoisotopic (exact) mass is 300 g/mol. The summed E-state index contributed by atoms with van der Waals surface area (Å²) in [4.78, 5) is 0. The molecule has 0 aliphatic heterocycles. The fourth-order valence-electron chi connectivity index (χ4n) is 2.66. The van der Waals surface area contributed by atoms with Crippen LogP contribution in [0.3, 0.4) is 0 Å². The van der Waals surface area contributed by atoms with Crippen molar-refractivity contribution >= 4 is 0 Å². The predicted octanol–water partition coefficient (Wildman–Crippen LogP) is 3.86. The van der Waals surface area contributed by atoms with Crippen molar-refractivity contribution in [3.05, 3.63) is 0 Å². The molecule has 0 heterocycles. The van der Waals surface area contributed by atoms with Gasteiger partial charge in [0.05, 0.1) is 6.10 Å². The van der Waals surface area contributed by atoms with E-state index in [0.717, 1.165) is 13.1 Å². The minimum Gasteiger partial charge on any atom is -0.392 e. The summed E-state index contributed by atoms with van der Waals surface area (Å²) in [6.07, 6.45) is 13.3. The SMILES string of the molecule is CCCCCCCC(CCCCC)NCCNC[C@@H](C)O. The fourth-order valence-corrected chi connectivity index (χ4v) is 2.66. The number of unbranched alkanes of at least 4 members (excludes halogenated alkanes) is 6. The van der Waals surface area contributed by atoms with Crippen LogP contribution in [0, 0.1) is 0 Å². The zero-order valence-corrected chi connectivity index (χ0v) is 14.8. The smallest absolute Gasteiger partial charge is 0.0636 e. The molecule has 0 rings (SSSR count). The van der Waals surface area contributed by atoms with E-state index in [0.29, 0.717) is 12.6 Å². The highest BCUT2D eigenvalue weighted by Gasteiger charge is 2.07. The van der Waals surface area contributed by atoms with Crippen molar-refractivity contribution in [1.82, 2.24) is 10.6 Å². The third-order valence-corrected chi connectivity index (χ3v) is 3.99. The van der Waals surface area contributed by atoms with Crippen molar-refractivity contribution in [3.8, 4) is 0 Å². The number of aliphatic hydroxyl groups is 1. The van der Waals surface area contributed by atoms with Gasteiger partial charge in [0.2, 0.25) is 0 Å². The third-order valence-electron chi connectivity index (χ3n) is 3.99. The lowest BCUT2D eigenvalue weighted by Crippen LogP contribution is -2.37. The number of aliphatic hydroxyl groups excluding tert-OH is 1. The Morgan fingerprint density at radius 1 is 0.810 bits per heavy atom. The Morgan fingerprint density at radius 2 is 1.38 bits per heavy atom. The maximum absolute atomic E-state index is 9.21. The molecular formula is C18H40N2O. The second-order valence-electron chi connectivity index (χ2n) is 6.40. The normalized spacial score (nSPS) is 14.3. The Bertz CT molecular complexity index is 198. The molecule has 0 amide bonds. The maximum atomic E-state index is 9.21. The van der Waals surface area contributed by atoms with Gasteiger partial charge in [-0.1, -0.05) is 65.2 Å². The van der Waals surface area contributed by atoms with Crippen molar-refractivity contribution in [2.75, 3.05) is 19.6 Å². The van der Waals surface area contributed by atoms with Crippen LogP contribution in [0.4, 0.5) is 0 Å². The highest BCUT2D eigenvalue weighted by Crippen LogP contribution is 2.12. The van der Waals surface area contributed by atoms with Crippen LogP contribution in [0.5, 0.6) is 0 Å². The van der Waals surface area contributed by atoms with E-state index in [-0.39, 0.29) is 6.10 Å². The van der Waals surface area contributed by atoms with Gasteiger partial charge < -0.3 is 15.7 Å². The molecule has 3 N–H and O–H groups in total. The van der Waals surface area contributed by atoms with E-state index in [9.17, 15) is 5.11 Å². The molecule has 0 saturated carbocycles. The zero-order chi connectivity index (χ0) is 15.8. The van der Waals surface area contributed by atoms with Crippen LogP contribution in [0.1, 0.15) is 85.0 Å². The van der Waals surface area contributed by atoms with Crippen molar-refractivity contribution in [2.24, 2.45) is 0 Å². The summed E-state index contributed by atoms with van der Waals surface area (Å²) in [5, 5.41) is 16.2. The molecule has 128 valence electrons. The number of rotatable bonds is 16. The Hall–Kier alpha value is -0.120. The van der Waals surface area contributed by atoms with Crippen molar-refractivity contribution in [1.29, 1.82) is 0 Å². The molecule has 0 aromatic rings. The molecule has 0 saturated heterocycles. The van der Waals surface area contributed by atoms with Gasteiger partial charge in [0.1, 0.15) is 0 Å². The first kappa shape index (κ1) is 20.9. The molecule has 2 atom stereocenters. The summed E-state index contributed by atoms with van der Waals surface area (Å²) in [5.74, 6) is 0. The van der Waals surface area contributed by atoms with Crippen molar-refractivity contribution < 1.29 is 5.11 Å². The predicted molar refractivity (Wildman–Crippen MR) is 93.9 cm³/mol. The highest BCUT2D eigenvalue weighted by atomic mass is 16.3. The summed E-state index contributed by atoms with van der Waals surface area (Å²) in [7, 11) is 0. The molecule has 0 radical (unpaired) electrons. The Labute approximate surface area is 133 Å². The summed E-state index contributed by atoms with van der Waals surface area (Å²) >= 11 is 0. The van der Waals surface area contributed by atoms with Gasteiger partial charge in [-0.15, -0.1) is 0 Å². The van der Waals surface area contributed by atoms with E-state index in [1.54, 1.807) is 0 Å². The molecule has 0 aliphatic rings. The number of hydrogen-bond donors (Lipinski definition) is 3. The fraction of sp³-hybridized carbons (Fsp3) is 1.00. The van der Waals surface area contributed by atoms with Crippen molar-refractivity contribution in [3.63, 3.8) is 0 Å². The largest absolute Gasteiger partial charge is 0.392 e. The van der Waals surface area contributed by atoms with E-state index in [1.807, 2.05) is 6.92 Å². The van der Waals surface area contributed by atoms with E-state index in [1.165, 1.54) is 64.2 Å². The van der Waals surface area contributed by atoms with Gasteiger partial charge in [-0.05, 0) is 19.8 Å². The maximum Gasteiger partial charge on any atom is 0.0636 e. The van der Waals surface area contributed by atoms with Gasteiger partial charge in [0, 0.05) is 25.7 Å². The number of hydrogen-bond acceptors (Lipinski definition) is 3. The molecule has 1 unspecified atom stereocenters. The first-order chi connectivity index (χ1) is 10.2. The van der Waals surface area contributed by atoms with Gasteiger partial charge in [0.15, 0.2) is 0 Å². The molecule has 21 heavy (non-hydrogen) atoms. The van der Waals surface area contributed by atoms with Crippen LogP contribution in [0.25, 0.3) is 0 Å². The molecule has 0 aromatic carbocycles. The Morgan fingerprint density at radius 3 is 2.00 bits per heavy atom. The Balaban J connectivity index is 3.69. The summed E-state index contributed by atoms with van der Waals surface area (Å²) in [6.45, 7) is 9.02. The van der Waals surface area contributed by atoms with Gasteiger partial charge >= 0.3 is 0 Å². The minimum atomic E-state index is -0.246. The quantitative estimate of drug-likeness (QED) is 0.379. The molecule has 0 fully saturated rings. The first-order valence-corrected chi connectivity index (χ1v) is 9.32. The third kappa shape index (κ3) is 16.1. The van der Waals surface area contributed by atoms with Crippen LogP contribution in [0.2, 0.25) is 0 Å². The first-order valence-electron chi connectivity index (χ1n) is 9.32. The molecule has 0 spiro atoms. The van der Waals surface area contributed by atoms with Gasteiger partial charge in [-0.3, -0.25) is 0 Å². The van der Waals surface area contributed by atoms with Gasteiger partial charge in [-0.25, -0.2) is 0 Å². The molecular weight excluding hydrogens is 260 g/mol. The van der Waals surface area contributed by atoms with Crippen LogP contribution in [-0.2, 0) is 0 Å². The topological polar surface area (TPSA) is 44.3 Å². The minimum absolute atomic E-state index is 0.246. The lowest BCUT2D eigenvalue weighted by Gasteiger charge is -2.19. The second-order valence-corrected chi connectivity index (χ2v) is 6.40. The second kappa shape index (κ2) is 16.3. The van der Waals surface area contributed by atoms with Crippen molar-refractivity contribution in [2.45, 2.75) is 97.1 Å². The van der Waals surface area contributed by atoms with Gasteiger partial charge in [-0.2, -0.15) is 0 Å². The zero-order valence-electron chi connectivity index (χ0n) is 14.8. The Kier molecular flexibility index (Phi) is 16.2. The number of nitrogens with one attached hydrogen (secondary N) is 2. The van der Waals surface area contributed by atoms with Crippen LogP contribution in [0.15, 0.2) is 0 Å². The lowest BCUT2D eigenvalue weighted by molar-refractivity contribution is 0.191. The van der Waals surface area contributed by atoms with E-state index in [4.69, 9.17) is 0 Å². The molecule has 0 aromatic heterocycles. The molecule has 3 heteroatoms. The average molecular weight is 301 g/mol. The standard InChI is InChI=1S/C18H40N2O/c1-4-6-8-9-11-13-18(12-10-7-5-2)20-15-14-19-16-17(3)21/h17-21H,4-16H2,1-3H3/t17-,18?/m1/s1. The highest BCUT2D eigenvalue weighted by molar-refractivity contribution is 4.68. The van der Waals surface area contributed by atoms with Crippen LogP contribution < -0.4 is 10.6 Å².